The van der Waals surface area contributed by atoms with Gasteiger partial charge in [0.1, 0.15) is 23.9 Å². The number of anilines is 1. The first kappa shape index (κ1) is 18.2. The number of ether oxygens (including phenoxy) is 3. The predicted molar refractivity (Wildman–Crippen MR) is 106 cm³/mol. The number of para-hydroxylation sites is 1. The Bertz CT molecular complexity index is 1060. The molecule has 1 aromatic heterocycles. The monoisotopic (exact) mass is 399 g/mol. The maximum Gasteiger partial charge on any atom is 0.279 e. The van der Waals surface area contributed by atoms with Crippen molar-refractivity contribution in [1.29, 1.82) is 0 Å². The van der Waals surface area contributed by atoms with Crippen LogP contribution in [0, 0.1) is 0 Å². The van der Waals surface area contributed by atoms with Crippen LogP contribution < -0.4 is 19.1 Å². The zero-order valence-corrected chi connectivity index (χ0v) is 16.3. The number of nitrogens with zero attached hydrogens (tertiary/aromatic N) is 2. The van der Waals surface area contributed by atoms with E-state index >= 15 is 0 Å². The minimum atomic E-state index is -0.306. The number of benzene rings is 2. The Morgan fingerprint density at radius 2 is 1.96 bits per heavy atom. The zero-order valence-electron chi connectivity index (χ0n) is 15.6. The van der Waals surface area contributed by atoms with Crippen LogP contribution in [0.5, 0.6) is 17.2 Å². The van der Waals surface area contributed by atoms with Gasteiger partial charge in [-0.15, -0.1) is 0 Å². The van der Waals surface area contributed by atoms with Gasteiger partial charge in [0.15, 0.2) is 5.69 Å². The molecule has 8 heteroatoms. The summed E-state index contributed by atoms with van der Waals surface area (Å²) in [5.74, 6) is 1.38. The van der Waals surface area contributed by atoms with Gasteiger partial charge < -0.3 is 19.1 Å². The lowest BCUT2D eigenvalue weighted by atomic mass is 10.0. The first-order valence-corrected chi connectivity index (χ1v) is 8.92. The number of carbonyl (C=O) groups is 1. The van der Waals surface area contributed by atoms with Crippen LogP contribution in [-0.4, -0.2) is 37.4 Å². The average Bonchev–Trinajstić information content (AvgIpc) is 3.17. The van der Waals surface area contributed by atoms with Gasteiger partial charge in [0, 0.05) is 24.2 Å². The number of nitrogens with one attached hydrogen (secondary N) is 1. The highest BCUT2D eigenvalue weighted by atomic mass is 35.5. The molecule has 0 fully saturated rings. The normalized spacial score (nSPS) is 11.9. The topological polar surface area (TPSA) is 76.7 Å². The molecule has 4 rings (SSSR count). The van der Waals surface area contributed by atoms with Gasteiger partial charge in [0.25, 0.3) is 5.91 Å². The summed E-state index contributed by atoms with van der Waals surface area (Å²) in [4.78, 5) is 14.6. The molecule has 0 saturated heterocycles. The van der Waals surface area contributed by atoms with Crippen LogP contribution in [0.3, 0.4) is 0 Å². The van der Waals surface area contributed by atoms with Crippen molar-refractivity contribution in [2.24, 2.45) is 0 Å². The van der Waals surface area contributed by atoms with E-state index in [1.54, 1.807) is 19.2 Å². The molecule has 0 unspecified atom stereocenters. The molecule has 2 aromatic carbocycles. The summed E-state index contributed by atoms with van der Waals surface area (Å²) < 4.78 is 16.4. The van der Waals surface area contributed by atoms with E-state index < -0.39 is 0 Å². The van der Waals surface area contributed by atoms with Gasteiger partial charge in [-0.3, -0.25) is 9.89 Å². The Morgan fingerprint density at radius 3 is 2.71 bits per heavy atom. The van der Waals surface area contributed by atoms with Gasteiger partial charge in [-0.1, -0.05) is 23.7 Å². The summed E-state index contributed by atoms with van der Waals surface area (Å²) in [5.41, 5.74) is 3.18. The average molecular weight is 400 g/mol. The molecule has 1 amide bonds. The van der Waals surface area contributed by atoms with Gasteiger partial charge in [-0.05, 0) is 18.2 Å². The molecular formula is C20H18ClN3O4. The van der Waals surface area contributed by atoms with E-state index in [1.165, 1.54) is 19.1 Å². The highest BCUT2D eigenvalue weighted by molar-refractivity contribution is 6.32. The number of fused-ring (bicyclic) bond motifs is 3. The van der Waals surface area contributed by atoms with Gasteiger partial charge in [0.05, 0.1) is 30.6 Å². The minimum Gasteiger partial charge on any atom is -0.495 e. The number of hydrogen-bond acceptors (Lipinski definition) is 5. The van der Waals surface area contributed by atoms with Crippen molar-refractivity contribution in [3.63, 3.8) is 0 Å². The quantitative estimate of drug-likeness (QED) is 0.719. The first-order valence-electron chi connectivity index (χ1n) is 8.54. The highest BCUT2D eigenvalue weighted by Gasteiger charge is 2.29. The molecule has 1 N–H and O–H groups in total. The summed E-state index contributed by atoms with van der Waals surface area (Å²) >= 11 is 6.24. The summed E-state index contributed by atoms with van der Waals surface area (Å²) in [6.45, 7) is 0.262. The molecule has 1 aliphatic heterocycles. The molecule has 144 valence electrons. The Labute approximate surface area is 166 Å². The van der Waals surface area contributed by atoms with E-state index in [-0.39, 0.29) is 12.5 Å². The standard InChI is InChI=1S/C20H18ClN3O4/c1-24(14-8-13(21)16(26-2)9-17(14)27-3)20(25)19-12-10-28-15-7-5-4-6-11(15)18(12)22-23-19/h4-9H,10H2,1-3H3,(H,22,23). The lowest BCUT2D eigenvalue weighted by Crippen LogP contribution is -2.28. The number of aromatic amines is 1. The molecule has 0 atom stereocenters. The van der Waals surface area contributed by atoms with Crippen LogP contribution in [0.15, 0.2) is 36.4 Å². The number of H-pyrrole nitrogens is 1. The molecule has 7 nitrogen and oxygen atoms in total. The van der Waals surface area contributed by atoms with Gasteiger partial charge in [0.2, 0.25) is 0 Å². The first-order chi connectivity index (χ1) is 13.5. The van der Waals surface area contributed by atoms with Crippen molar-refractivity contribution in [3.05, 3.63) is 52.7 Å². The molecule has 3 aromatic rings. The number of hydrogen-bond donors (Lipinski definition) is 1. The summed E-state index contributed by atoms with van der Waals surface area (Å²) in [7, 11) is 4.68. The molecule has 0 radical (unpaired) electrons. The summed E-state index contributed by atoms with van der Waals surface area (Å²) in [6.07, 6.45) is 0. The summed E-state index contributed by atoms with van der Waals surface area (Å²) in [6, 6.07) is 10.9. The van der Waals surface area contributed by atoms with Crippen molar-refractivity contribution in [2.75, 3.05) is 26.2 Å². The van der Waals surface area contributed by atoms with Crippen molar-refractivity contribution in [2.45, 2.75) is 6.61 Å². The third-order valence-corrected chi connectivity index (χ3v) is 5.01. The van der Waals surface area contributed by atoms with E-state index in [0.717, 1.165) is 17.0 Å². The van der Waals surface area contributed by atoms with Crippen molar-refractivity contribution in [3.8, 4) is 28.5 Å². The maximum absolute atomic E-state index is 13.2. The lowest BCUT2D eigenvalue weighted by Gasteiger charge is -2.22. The number of aromatic nitrogens is 2. The highest BCUT2D eigenvalue weighted by Crippen LogP contribution is 2.40. The molecule has 0 aliphatic carbocycles. The summed E-state index contributed by atoms with van der Waals surface area (Å²) in [5, 5.41) is 7.61. The third-order valence-electron chi connectivity index (χ3n) is 4.72. The van der Waals surface area contributed by atoms with Crippen LogP contribution in [0.2, 0.25) is 5.02 Å². The molecule has 0 saturated carbocycles. The Morgan fingerprint density at radius 1 is 1.21 bits per heavy atom. The van der Waals surface area contributed by atoms with Crippen LogP contribution in [0.1, 0.15) is 16.1 Å². The molecule has 2 heterocycles. The number of carbonyl (C=O) groups excluding carboxylic acids is 1. The maximum atomic E-state index is 13.2. The fraction of sp³-hybridized carbons (Fsp3) is 0.200. The number of rotatable bonds is 4. The lowest BCUT2D eigenvalue weighted by molar-refractivity contribution is 0.0985. The SMILES string of the molecule is COc1cc(OC)c(N(C)C(=O)c2n[nH]c3c2COc2ccccc2-3)cc1Cl. The Hall–Kier alpha value is -3.19. The smallest absolute Gasteiger partial charge is 0.279 e. The number of halogens is 1. The Kier molecular flexibility index (Phi) is 4.60. The van der Waals surface area contributed by atoms with Crippen LogP contribution >= 0.6 is 11.6 Å². The second-order valence-corrected chi connectivity index (χ2v) is 6.64. The van der Waals surface area contributed by atoms with E-state index in [0.29, 0.717) is 33.5 Å². The number of methoxy groups -OCH3 is 2. The van der Waals surface area contributed by atoms with Gasteiger partial charge in [-0.2, -0.15) is 5.10 Å². The van der Waals surface area contributed by atoms with Crippen LogP contribution in [0.25, 0.3) is 11.3 Å². The van der Waals surface area contributed by atoms with Gasteiger partial charge >= 0.3 is 0 Å². The van der Waals surface area contributed by atoms with Gasteiger partial charge in [-0.25, -0.2) is 0 Å². The van der Waals surface area contributed by atoms with E-state index in [1.807, 2.05) is 24.3 Å². The second-order valence-electron chi connectivity index (χ2n) is 6.23. The van der Waals surface area contributed by atoms with E-state index in [4.69, 9.17) is 25.8 Å². The minimum absolute atomic E-state index is 0.262. The number of amides is 1. The molecule has 0 spiro atoms. The van der Waals surface area contributed by atoms with Crippen molar-refractivity contribution in [1.82, 2.24) is 10.2 Å². The van der Waals surface area contributed by atoms with Crippen molar-refractivity contribution >= 4 is 23.2 Å². The largest absolute Gasteiger partial charge is 0.495 e. The predicted octanol–water partition coefficient (Wildman–Crippen LogP) is 3.92. The fourth-order valence-corrected chi connectivity index (χ4v) is 3.46. The Balaban J connectivity index is 1.72. The third kappa shape index (κ3) is 2.84. The van der Waals surface area contributed by atoms with Crippen LogP contribution in [-0.2, 0) is 6.61 Å². The van der Waals surface area contributed by atoms with Crippen LogP contribution in [0.4, 0.5) is 5.69 Å². The molecular weight excluding hydrogens is 382 g/mol. The van der Waals surface area contributed by atoms with E-state index in [9.17, 15) is 4.79 Å². The molecule has 0 bridgehead atoms. The van der Waals surface area contributed by atoms with E-state index in [2.05, 4.69) is 10.2 Å². The molecule has 28 heavy (non-hydrogen) atoms. The molecule has 1 aliphatic rings. The zero-order chi connectivity index (χ0) is 19.8. The van der Waals surface area contributed by atoms with Crippen molar-refractivity contribution < 1.29 is 19.0 Å². The fourth-order valence-electron chi connectivity index (χ4n) is 3.23. The second kappa shape index (κ2) is 7.09.